The number of halogens is 2. The molecule has 0 amide bonds. The van der Waals surface area contributed by atoms with E-state index < -0.39 is 0 Å². The molecule has 150 valence electrons. The Kier molecular flexibility index (Phi) is 7.46. The second-order valence-electron chi connectivity index (χ2n) is 6.75. The van der Waals surface area contributed by atoms with E-state index >= 15 is 0 Å². The number of ether oxygens (including phenoxy) is 3. The van der Waals surface area contributed by atoms with Gasteiger partial charge in [0.15, 0.2) is 17.5 Å². The van der Waals surface area contributed by atoms with Gasteiger partial charge in [0.05, 0.1) is 17.7 Å². The zero-order valence-corrected chi connectivity index (χ0v) is 19.4. The van der Waals surface area contributed by atoms with E-state index in [0.717, 1.165) is 66.9 Å². The first-order valence-electron chi connectivity index (χ1n) is 9.10. The molecule has 1 unspecified atom stereocenters. The number of likely N-dealkylation sites (tertiary alicyclic amines) is 1. The van der Waals surface area contributed by atoms with Crippen molar-refractivity contribution in [2.45, 2.75) is 19.0 Å². The van der Waals surface area contributed by atoms with Crippen molar-refractivity contribution in [3.63, 3.8) is 0 Å². The van der Waals surface area contributed by atoms with E-state index in [4.69, 9.17) is 14.2 Å². The summed E-state index contributed by atoms with van der Waals surface area (Å²) in [7, 11) is 1.85. The molecule has 3 heterocycles. The highest BCUT2D eigenvalue weighted by molar-refractivity contribution is 14.0. The SMILES string of the molecule is CN=C(NCc1cc(Br)c2c(c1)OCO2)N1CCC(N2CCOCC2)C1.I. The number of morpholine rings is 1. The quantitative estimate of drug-likeness (QED) is 0.353. The molecule has 0 radical (unpaired) electrons. The number of rotatable bonds is 3. The molecule has 1 aromatic carbocycles. The minimum absolute atomic E-state index is 0. The molecule has 1 aromatic rings. The molecule has 0 spiro atoms. The average molecular weight is 553 g/mol. The van der Waals surface area contributed by atoms with Gasteiger partial charge in [0.25, 0.3) is 0 Å². The van der Waals surface area contributed by atoms with Crippen LogP contribution in [-0.4, -0.2) is 75.0 Å². The third-order valence-corrected chi connectivity index (χ3v) is 5.76. The Morgan fingerprint density at radius 1 is 1.26 bits per heavy atom. The van der Waals surface area contributed by atoms with Crippen LogP contribution < -0.4 is 14.8 Å². The van der Waals surface area contributed by atoms with E-state index in [1.807, 2.05) is 13.1 Å². The Bertz CT molecular complexity index is 685. The van der Waals surface area contributed by atoms with Crippen LogP contribution in [0.1, 0.15) is 12.0 Å². The van der Waals surface area contributed by atoms with Crippen molar-refractivity contribution < 1.29 is 14.2 Å². The number of benzene rings is 1. The van der Waals surface area contributed by atoms with Crippen LogP contribution in [-0.2, 0) is 11.3 Å². The minimum atomic E-state index is 0. The highest BCUT2D eigenvalue weighted by Gasteiger charge is 2.30. The molecule has 7 nitrogen and oxygen atoms in total. The van der Waals surface area contributed by atoms with Crippen LogP contribution >= 0.6 is 39.9 Å². The molecule has 3 aliphatic heterocycles. The van der Waals surface area contributed by atoms with Gasteiger partial charge in [0.2, 0.25) is 6.79 Å². The van der Waals surface area contributed by atoms with Gasteiger partial charge in [0.1, 0.15) is 0 Å². The van der Waals surface area contributed by atoms with E-state index in [-0.39, 0.29) is 30.8 Å². The van der Waals surface area contributed by atoms with E-state index in [1.165, 1.54) is 6.42 Å². The number of guanidine groups is 1. The molecule has 9 heteroatoms. The zero-order valence-electron chi connectivity index (χ0n) is 15.4. The van der Waals surface area contributed by atoms with Crippen molar-refractivity contribution in [3.05, 3.63) is 22.2 Å². The lowest BCUT2D eigenvalue weighted by molar-refractivity contribution is 0.0195. The van der Waals surface area contributed by atoms with Crippen LogP contribution in [0.3, 0.4) is 0 Å². The fourth-order valence-electron chi connectivity index (χ4n) is 3.81. The topological polar surface area (TPSA) is 58.6 Å². The van der Waals surface area contributed by atoms with Crippen LogP contribution in [0.5, 0.6) is 11.5 Å². The van der Waals surface area contributed by atoms with Crippen LogP contribution in [0.25, 0.3) is 0 Å². The molecule has 3 aliphatic rings. The molecule has 0 bridgehead atoms. The fraction of sp³-hybridized carbons (Fsp3) is 0.611. The average Bonchev–Trinajstić information content (AvgIpc) is 3.33. The Balaban J connectivity index is 0.00000210. The molecule has 2 saturated heterocycles. The lowest BCUT2D eigenvalue weighted by Crippen LogP contribution is -2.46. The summed E-state index contributed by atoms with van der Waals surface area (Å²) in [5, 5.41) is 3.49. The Morgan fingerprint density at radius 3 is 2.85 bits per heavy atom. The Labute approximate surface area is 185 Å². The van der Waals surface area contributed by atoms with Crippen LogP contribution in [0.15, 0.2) is 21.6 Å². The van der Waals surface area contributed by atoms with Crippen LogP contribution in [0.4, 0.5) is 0 Å². The summed E-state index contributed by atoms with van der Waals surface area (Å²) >= 11 is 3.55. The summed E-state index contributed by atoms with van der Waals surface area (Å²) in [5.74, 6) is 2.53. The second-order valence-corrected chi connectivity index (χ2v) is 7.60. The van der Waals surface area contributed by atoms with E-state index in [9.17, 15) is 0 Å². The normalized spacial score (nSPS) is 22.7. The van der Waals surface area contributed by atoms with Gasteiger partial charge in [-0.1, -0.05) is 0 Å². The second kappa shape index (κ2) is 9.62. The van der Waals surface area contributed by atoms with Gasteiger partial charge in [-0.25, -0.2) is 0 Å². The summed E-state index contributed by atoms with van der Waals surface area (Å²) in [6, 6.07) is 4.68. The maximum atomic E-state index is 5.50. The smallest absolute Gasteiger partial charge is 0.231 e. The first-order valence-corrected chi connectivity index (χ1v) is 9.89. The van der Waals surface area contributed by atoms with Gasteiger partial charge in [-0.15, -0.1) is 24.0 Å². The number of fused-ring (bicyclic) bond motifs is 1. The van der Waals surface area contributed by atoms with E-state index in [1.54, 1.807) is 0 Å². The number of hydrogen-bond acceptors (Lipinski definition) is 5. The van der Waals surface area contributed by atoms with E-state index in [2.05, 4.69) is 42.1 Å². The standard InChI is InChI=1S/C18H25BrN4O3.HI/c1-20-18(23-3-2-14(11-23)22-4-6-24-7-5-22)21-10-13-8-15(19)17-16(9-13)25-12-26-17;/h8-9,14H,2-7,10-12H2,1H3,(H,20,21);1H. The molecule has 2 fully saturated rings. The maximum absolute atomic E-state index is 5.50. The summed E-state index contributed by atoms with van der Waals surface area (Å²) in [6.45, 7) is 6.80. The highest BCUT2D eigenvalue weighted by atomic mass is 127. The molecule has 1 atom stereocenters. The largest absolute Gasteiger partial charge is 0.454 e. The van der Waals surface area contributed by atoms with Crippen LogP contribution in [0.2, 0.25) is 0 Å². The Morgan fingerprint density at radius 2 is 2.07 bits per heavy atom. The van der Waals surface area contributed by atoms with Gasteiger partial charge in [0, 0.05) is 45.8 Å². The van der Waals surface area contributed by atoms with Crippen LogP contribution in [0, 0.1) is 0 Å². The van der Waals surface area contributed by atoms with Crippen molar-refractivity contribution >= 4 is 45.9 Å². The van der Waals surface area contributed by atoms with Gasteiger partial charge in [-0.3, -0.25) is 9.89 Å². The Hall–Kier alpha value is -0.780. The number of aliphatic imine (C=N–C) groups is 1. The molecular formula is C18H26BrIN4O3. The first-order chi connectivity index (χ1) is 12.7. The molecule has 0 aromatic heterocycles. The monoisotopic (exact) mass is 552 g/mol. The number of hydrogen-bond donors (Lipinski definition) is 1. The van der Waals surface area contributed by atoms with Gasteiger partial charge < -0.3 is 24.4 Å². The van der Waals surface area contributed by atoms with Crippen molar-refractivity contribution in [2.24, 2.45) is 4.99 Å². The number of nitrogens with zero attached hydrogens (tertiary/aromatic N) is 3. The fourth-order valence-corrected chi connectivity index (χ4v) is 4.41. The summed E-state index contributed by atoms with van der Waals surface area (Å²) in [5.41, 5.74) is 1.13. The molecule has 0 saturated carbocycles. The molecular weight excluding hydrogens is 527 g/mol. The summed E-state index contributed by atoms with van der Waals surface area (Å²) in [4.78, 5) is 9.38. The van der Waals surface area contributed by atoms with Gasteiger partial charge >= 0.3 is 0 Å². The predicted molar refractivity (Wildman–Crippen MR) is 118 cm³/mol. The van der Waals surface area contributed by atoms with Gasteiger partial charge in [-0.2, -0.15) is 0 Å². The van der Waals surface area contributed by atoms with Gasteiger partial charge in [-0.05, 0) is 40.0 Å². The van der Waals surface area contributed by atoms with Crippen molar-refractivity contribution in [1.29, 1.82) is 0 Å². The summed E-state index contributed by atoms with van der Waals surface area (Å²) in [6.07, 6.45) is 1.18. The minimum Gasteiger partial charge on any atom is -0.454 e. The maximum Gasteiger partial charge on any atom is 0.231 e. The lowest BCUT2D eigenvalue weighted by atomic mass is 10.2. The third-order valence-electron chi connectivity index (χ3n) is 5.17. The molecule has 1 N–H and O–H groups in total. The van der Waals surface area contributed by atoms with Crippen molar-refractivity contribution in [3.8, 4) is 11.5 Å². The zero-order chi connectivity index (χ0) is 17.9. The lowest BCUT2D eigenvalue weighted by Gasteiger charge is -2.32. The van der Waals surface area contributed by atoms with Crippen molar-refractivity contribution in [2.75, 3.05) is 53.2 Å². The highest BCUT2D eigenvalue weighted by Crippen LogP contribution is 2.39. The number of nitrogens with one attached hydrogen (secondary N) is 1. The third kappa shape index (κ3) is 4.80. The van der Waals surface area contributed by atoms with E-state index in [0.29, 0.717) is 12.6 Å². The molecule has 4 rings (SSSR count). The summed E-state index contributed by atoms with van der Waals surface area (Å²) < 4.78 is 17.3. The predicted octanol–water partition coefficient (Wildman–Crippen LogP) is 2.28. The molecule has 27 heavy (non-hydrogen) atoms. The molecule has 0 aliphatic carbocycles. The van der Waals surface area contributed by atoms with Crippen molar-refractivity contribution in [1.82, 2.24) is 15.1 Å². The first kappa shape index (κ1) is 20.9.